The highest BCUT2D eigenvalue weighted by atomic mass is 35.5. The predicted octanol–water partition coefficient (Wildman–Crippen LogP) is 2.66. The molecule has 0 bridgehead atoms. The number of hydrogen-bond donors (Lipinski definition) is 1. The van der Waals surface area contributed by atoms with E-state index < -0.39 is 0 Å². The average Bonchev–Trinajstić information content (AvgIpc) is 2.85. The zero-order chi connectivity index (χ0) is 15.2. The van der Waals surface area contributed by atoms with E-state index in [1.807, 2.05) is 6.92 Å². The second kappa shape index (κ2) is 7.35. The number of amides is 1. The molecule has 6 nitrogen and oxygen atoms in total. The van der Waals surface area contributed by atoms with Crippen molar-refractivity contribution in [1.29, 1.82) is 0 Å². The van der Waals surface area contributed by atoms with E-state index in [4.69, 9.17) is 21.1 Å². The van der Waals surface area contributed by atoms with Gasteiger partial charge in [0, 0.05) is 12.1 Å². The number of rotatable bonds is 6. The maximum atomic E-state index is 11.8. The molecule has 112 valence electrons. The Labute approximate surface area is 131 Å². The second-order valence-electron chi connectivity index (χ2n) is 4.18. The maximum Gasteiger partial charge on any atom is 0.264 e. The zero-order valence-corrected chi connectivity index (χ0v) is 13.1. The fraction of sp³-hybridized carbons (Fsp3) is 0.308. The normalized spacial score (nSPS) is 10.4. The molecule has 0 atom stereocenters. The van der Waals surface area contributed by atoms with Gasteiger partial charge >= 0.3 is 0 Å². The first kappa shape index (κ1) is 15.7. The van der Waals surface area contributed by atoms with Crippen molar-refractivity contribution < 1.29 is 14.3 Å². The van der Waals surface area contributed by atoms with E-state index in [9.17, 15) is 4.79 Å². The minimum absolute atomic E-state index is 0.109. The monoisotopic (exact) mass is 327 g/mol. The summed E-state index contributed by atoms with van der Waals surface area (Å²) in [5.41, 5.74) is 0.869. The standard InChI is InChI=1S/C13H14ClN3O3S/c1-8-5-9(14)3-4-10(8)20-6-11(18)15-13-17-16-12(21-13)7-19-2/h3-5H,6-7H2,1-2H3,(H,15,17,18). The number of anilines is 1. The highest BCUT2D eigenvalue weighted by molar-refractivity contribution is 7.15. The summed E-state index contributed by atoms with van der Waals surface area (Å²) in [5, 5.41) is 12.1. The Kier molecular flexibility index (Phi) is 5.49. The van der Waals surface area contributed by atoms with Crippen LogP contribution in [0.5, 0.6) is 5.75 Å². The quantitative estimate of drug-likeness (QED) is 0.883. The van der Waals surface area contributed by atoms with Crippen LogP contribution in [0.15, 0.2) is 18.2 Å². The number of nitrogens with one attached hydrogen (secondary N) is 1. The van der Waals surface area contributed by atoms with Crippen LogP contribution in [-0.2, 0) is 16.1 Å². The number of halogens is 1. The van der Waals surface area contributed by atoms with Crippen LogP contribution < -0.4 is 10.1 Å². The lowest BCUT2D eigenvalue weighted by atomic mass is 10.2. The zero-order valence-electron chi connectivity index (χ0n) is 11.6. The summed E-state index contributed by atoms with van der Waals surface area (Å²) in [5.74, 6) is 0.316. The molecule has 1 aromatic carbocycles. The summed E-state index contributed by atoms with van der Waals surface area (Å²) in [6.07, 6.45) is 0. The summed E-state index contributed by atoms with van der Waals surface area (Å²) in [6, 6.07) is 5.21. The molecule has 0 radical (unpaired) electrons. The number of benzene rings is 1. The lowest BCUT2D eigenvalue weighted by Crippen LogP contribution is -2.20. The van der Waals surface area contributed by atoms with E-state index in [1.165, 1.54) is 11.3 Å². The van der Waals surface area contributed by atoms with Gasteiger partial charge in [0.2, 0.25) is 5.13 Å². The number of methoxy groups -OCH3 is 1. The molecule has 1 N–H and O–H groups in total. The Morgan fingerprint density at radius 1 is 1.43 bits per heavy atom. The molecule has 1 amide bonds. The topological polar surface area (TPSA) is 73.3 Å². The second-order valence-corrected chi connectivity index (χ2v) is 5.68. The van der Waals surface area contributed by atoms with E-state index in [1.54, 1.807) is 25.3 Å². The number of hydrogen-bond acceptors (Lipinski definition) is 6. The fourth-order valence-corrected chi connectivity index (χ4v) is 2.51. The molecule has 0 saturated carbocycles. The van der Waals surface area contributed by atoms with Crippen molar-refractivity contribution in [3.63, 3.8) is 0 Å². The Morgan fingerprint density at radius 3 is 2.95 bits per heavy atom. The van der Waals surface area contributed by atoms with Gasteiger partial charge in [-0.3, -0.25) is 10.1 Å². The van der Waals surface area contributed by atoms with E-state index in [-0.39, 0.29) is 12.5 Å². The van der Waals surface area contributed by atoms with Crippen molar-refractivity contribution in [2.45, 2.75) is 13.5 Å². The molecule has 0 saturated heterocycles. The molecule has 0 aliphatic rings. The van der Waals surface area contributed by atoms with E-state index >= 15 is 0 Å². The van der Waals surface area contributed by atoms with Crippen LogP contribution in [0.1, 0.15) is 10.6 Å². The van der Waals surface area contributed by atoms with Gasteiger partial charge in [-0.15, -0.1) is 10.2 Å². The van der Waals surface area contributed by atoms with E-state index in [0.717, 1.165) is 5.56 Å². The molecule has 1 aromatic heterocycles. The molecule has 0 spiro atoms. The van der Waals surface area contributed by atoms with Crippen LogP contribution in [0.25, 0.3) is 0 Å². The summed E-state index contributed by atoms with van der Waals surface area (Å²) < 4.78 is 10.4. The summed E-state index contributed by atoms with van der Waals surface area (Å²) in [7, 11) is 1.57. The van der Waals surface area contributed by atoms with E-state index in [0.29, 0.717) is 27.5 Å². The number of aromatic nitrogens is 2. The Bertz CT molecular complexity index is 633. The molecular formula is C13H14ClN3O3S. The molecule has 2 aromatic rings. The molecule has 21 heavy (non-hydrogen) atoms. The number of carbonyl (C=O) groups is 1. The minimum atomic E-state index is -0.301. The van der Waals surface area contributed by atoms with Gasteiger partial charge in [-0.2, -0.15) is 0 Å². The SMILES string of the molecule is COCc1nnc(NC(=O)COc2ccc(Cl)cc2C)s1. The first-order chi connectivity index (χ1) is 10.1. The Morgan fingerprint density at radius 2 is 2.24 bits per heavy atom. The van der Waals surface area contributed by atoms with Gasteiger partial charge in [0.25, 0.3) is 5.91 Å². The highest BCUT2D eigenvalue weighted by Gasteiger charge is 2.09. The molecule has 8 heteroatoms. The molecular weight excluding hydrogens is 314 g/mol. The largest absolute Gasteiger partial charge is 0.483 e. The van der Waals surface area contributed by atoms with Gasteiger partial charge in [0.1, 0.15) is 17.4 Å². The Balaban J connectivity index is 1.86. The van der Waals surface area contributed by atoms with Gasteiger partial charge < -0.3 is 9.47 Å². The summed E-state index contributed by atoms with van der Waals surface area (Å²) in [6.45, 7) is 2.12. The van der Waals surface area contributed by atoms with Crippen molar-refractivity contribution >= 4 is 34.0 Å². The van der Waals surface area contributed by atoms with Crippen molar-refractivity contribution in [3.05, 3.63) is 33.8 Å². The van der Waals surface area contributed by atoms with Crippen molar-refractivity contribution in [1.82, 2.24) is 10.2 Å². The third-order valence-corrected chi connectivity index (χ3v) is 3.52. The minimum Gasteiger partial charge on any atom is -0.483 e. The molecule has 0 unspecified atom stereocenters. The maximum absolute atomic E-state index is 11.8. The van der Waals surface area contributed by atoms with Crippen molar-refractivity contribution in [2.24, 2.45) is 0 Å². The van der Waals surface area contributed by atoms with Crippen LogP contribution in [0.4, 0.5) is 5.13 Å². The number of nitrogens with zero attached hydrogens (tertiary/aromatic N) is 2. The lowest BCUT2D eigenvalue weighted by Gasteiger charge is -2.08. The predicted molar refractivity (Wildman–Crippen MR) is 80.9 cm³/mol. The van der Waals surface area contributed by atoms with Crippen LogP contribution >= 0.6 is 22.9 Å². The first-order valence-corrected chi connectivity index (χ1v) is 7.28. The van der Waals surface area contributed by atoms with Crippen molar-refractivity contribution in [2.75, 3.05) is 19.0 Å². The Hall–Kier alpha value is -1.70. The number of carbonyl (C=O) groups excluding carboxylic acids is 1. The fourth-order valence-electron chi connectivity index (χ4n) is 1.56. The third-order valence-electron chi connectivity index (χ3n) is 2.48. The smallest absolute Gasteiger partial charge is 0.264 e. The summed E-state index contributed by atoms with van der Waals surface area (Å²) >= 11 is 7.12. The average molecular weight is 328 g/mol. The highest BCUT2D eigenvalue weighted by Crippen LogP contribution is 2.22. The first-order valence-electron chi connectivity index (χ1n) is 6.08. The number of aryl methyl sites for hydroxylation is 1. The summed E-state index contributed by atoms with van der Waals surface area (Å²) in [4.78, 5) is 11.8. The van der Waals surface area contributed by atoms with Crippen LogP contribution in [0.3, 0.4) is 0 Å². The molecule has 0 fully saturated rings. The van der Waals surface area contributed by atoms with Crippen molar-refractivity contribution in [3.8, 4) is 5.75 Å². The van der Waals surface area contributed by atoms with Gasteiger partial charge in [0.05, 0.1) is 0 Å². The molecule has 1 heterocycles. The lowest BCUT2D eigenvalue weighted by molar-refractivity contribution is -0.118. The molecule has 2 rings (SSSR count). The van der Waals surface area contributed by atoms with Gasteiger partial charge in [-0.05, 0) is 30.7 Å². The third kappa shape index (κ3) is 4.66. The van der Waals surface area contributed by atoms with Crippen LogP contribution in [0.2, 0.25) is 5.02 Å². The van der Waals surface area contributed by atoms with Crippen LogP contribution in [-0.4, -0.2) is 29.8 Å². The van der Waals surface area contributed by atoms with Crippen LogP contribution in [0, 0.1) is 6.92 Å². The molecule has 0 aliphatic carbocycles. The molecule has 0 aliphatic heterocycles. The van der Waals surface area contributed by atoms with E-state index in [2.05, 4.69) is 15.5 Å². The van der Waals surface area contributed by atoms with Gasteiger partial charge in [-0.1, -0.05) is 22.9 Å². The van der Waals surface area contributed by atoms with Gasteiger partial charge in [-0.25, -0.2) is 0 Å². The number of ether oxygens (including phenoxy) is 2. The van der Waals surface area contributed by atoms with Gasteiger partial charge in [0.15, 0.2) is 6.61 Å².